The summed E-state index contributed by atoms with van der Waals surface area (Å²) in [4.78, 5) is 4.37. The summed E-state index contributed by atoms with van der Waals surface area (Å²) < 4.78 is 1.86. The van der Waals surface area contributed by atoms with Gasteiger partial charge in [-0.2, -0.15) is 5.10 Å². The van der Waals surface area contributed by atoms with Gasteiger partial charge >= 0.3 is 0 Å². The van der Waals surface area contributed by atoms with Crippen LogP contribution >= 0.6 is 0 Å². The number of hydrogen-bond donors (Lipinski definition) is 1. The molecule has 0 bridgehead atoms. The molecule has 1 aromatic carbocycles. The molecule has 1 atom stereocenters. The maximum Gasteiger partial charge on any atom is 0.138 e. The van der Waals surface area contributed by atoms with E-state index in [1.807, 2.05) is 11.7 Å². The molecule has 1 aromatic heterocycles. The van der Waals surface area contributed by atoms with Gasteiger partial charge in [-0.15, -0.1) is 0 Å². The second-order valence-corrected chi connectivity index (χ2v) is 6.74. The summed E-state index contributed by atoms with van der Waals surface area (Å²) in [5.74, 6) is 1.42. The molecule has 0 aliphatic heterocycles. The van der Waals surface area contributed by atoms with E-state index in [1.165, 1.54) is 11.1 Å². The van der Waals surface area contributed by atoms with Crippen LogP contribution in [-0.4, -0.2) is 26.8 Å². The molecule has 1 unspecified atom stereocenters. The first kappa shape index (κ1) is 15.7. The molecule has 0 aliphatic rings. The second kappa shape index (κ2) is 6.39. The normalized spacial score (nSPS) is 13.4. The van der Waals surface area contributed by atoms with Crippen molar-refractivity contribution in [1.29, 1.82) is 0 Å². The van der Waals surface area contributed by atoms with Gasteiger partial charge in [0.05, 0.1) is 0 Å². The third-order valence-electron chi connectivity index (χ3n) is 3.66. The fourth-order valence-electron chi connectivity index (χ4n) is 2.30. The van der Waals surface area contributed by atoms with E-state index in [4.69, 9.17) is 0 Å². The highest BCUT2D eigenvalue weighted by Gasteiger charge is 2.18. The molecule has 21 heavy (non-hydrogen) atoms. The maximum atomic E-state index is 4.37. The van der Waals surface area contributed by atoms with Crippen molar-refractivity contribution in [3.63, 3.8) is 0 Å². The van der Waals surface area contributed by atoms with Crippen molar-refractivity contribution < 1.29 is 0 Å². The van der Waals surface area contributed by atoms with Gasteiger partial charge in [-0.25, -0.2) is 4.98 Å². The number of aryl methyl sites for hydroxylation is 2. The van der Waals surface area contributed by atoms with Gasteiger partial charge in [-0.1, -0.05) is 29.8 Å². The van der Waals surface area contributed by atoms with Gasteiger partial charge in [-0.3, -0.25) is 4.68 Å². The van der Waals surface area contributed by atoms with Crippen molar-refractivity contribution in [2.75, 3.05) is 6.54 Å². The lowest BCUT2D eigenvalue weighted by atomic mass is 9.93. The molecular weight excluding hydrogens is 260 g/mol. The van der Waals surface area contributed by atoms with Crippen LogP contribution in [0.4, 0.5) is 0 Å². The highest BCUT2D eigenvalue weighted by atomic mass is 15.3. The van der Waals surface area contributed by atoms with Crippen LogP contribution in [0.3, 0.4) is 0 Å². The van der Waals surface area contributed by atoms with Crippen molar-refractivity contribution in [2.24, 2.45) is 7.05 Å². The lowest BCUT2D eigenvalue weighted by Crippen LogP contribution is -2.39. The number of hydrogen-bond acceptors (Lipinski definition) is 3. The van der Waals surface area contributed by atoms with Gasteiger partial charge in [-0.05, 0) is 33.3 Å². The SMILES string of the molecule is Cc1ccc(C(CNC(C)(C)C)Cc2ncnn2C)cc1. The summed E-state index contributed by atoms with van der Waals surface area (Å²) in [5.41, 5.74) is 2.75. The highest BCUT2D eigenvalue weighted by Crippen LogP contribution is 2.21. The van der Waals surface area contributed by atoms with E-state index in [-0.39, 0.29) is 5.54 Å². The molecule has 2 rings (SSSR count). The third-order valence-corrected chi connectivity index (χ3v) is 3.66. The van der Waals surface area contributed by atoms with E-state index in [2.05, 4.69) is 67.4 Å². The predicted molar refractivity (Wildman–Crippen MR) is 86.4 cm³/mol. The standard InChI is InChI=1S/C17H26N4/c1-13-6-8-14(9-7-13)15(11-19-17(2,3)4)10-16-18-12-20-21(16)5/h6-9,12,15,19H,10-11H2,1-5H3. The van der Waals surface area contributed by atoms with Crippen LogP contribution in [0.2, 0.25) is 0 Å². The second-order valence-electron chi connectivity index (χ2n) is 6.74. The van der Waals surface area contributed by atoms with Crippen LogP contribution < -0.4 is 5.32 Å². The summed E-state index contributed by atoms with van der Waals surface area (Å²) >= 11 is 0. The van der Waals surface area contributed by atoms with Crippen LogP contribution in [0.15, 0.2) is 30.6 Å². The molecule has 0 fully saturated rings. The molecule has 0 radical (unpaired) electrons. The van der Waals surface area contributed by atoms with Crippen LogP contribution in [0.25, 0.3) is 0 Å². The van der Waals surface area contributed by atoms with Crippen molar-refractivity contribution in [3.8, 4) is 0 Å². The number of rotatable bonds is 5. The van der Waals surface area contributed by atoms with Gasteiger partial charge in [0, 0.05) is 31.5 Å². The number of benzene rings is 1. The van der Waals surface area contributed by atoms with E-state index in [0.29, 0.717) is 5.92 Å². The maximum absolute atomic E-state index is 4.37. The van der Waals surface area contributed by atoms with Crippen molar-refractivity contribution in [1.82, 2.24) is 20.1 Å². The minimum absolute atomic E-state index is 0.114. The smallest absolute Gasteiger partial charge is 0.138 e. The van der Waals surface area contributed by atoms with Crippen molar-refractivity contribution >= 4 is 0 Å². The Labute approximate surface area is 127 Å². The molecule has 0 saturated heterocycles. The fourth-order valence-corrected chi connectivity index (χ4v) is 2.30. The van der Waals surface area contributed by atoms with Crippen LogP contribution in [-0.2, 0) is 13.5 Å². The lowest BCUT2D eigenvalue weighted by molar-refractivity contribution is 0.402. The Balaban J connectivity index is 2.17. The highest BCUT2D eigenvalue weighted by molar-refractivity contribution is 5.25. The predicted octanol–water partition coefficient (Wildman–Crippen LogP) is 2.84. The third kappa shape index (κ3) is 4.67. The Hall–Kier alpha value is -1.68. The van der Waals surface area contributed by atoms with Gasteiger partial charge < -0.3 is 5.32 Å². The Morgan fingerprint density at radius 1 is 1.19 bits per heavy atom. The fraction of sp³-hybridized carbons (Fsp3) is 0.529. The minimum atomic E-state index is 0.114. The quantitative estimate of drug-likeness (QED) is 0.919. The molecule has 0 saturated carbocycles. The molecule has 1 N–H and O–H groups in total. The Morgan fingerprint density at radius 3 is 2.38 bits per heavy atom. The summed E-state index contributed by atoms with van der Waals surface area (Å²) in [7, 11) is 1.95. The largest absolute Gasteiger partial charge is 0.311 e. The van der Waals surface area contributed by atoms with Crippen LogP contribution in [0.5, 0.6) is 0 Å². The molecule has 2 aromatic rings. The Morgan fingerprint density at radius 2 is 1.86 bits per heavy atom. The summed E-state index contributed by atoms with van der Waals surface area (Å²) in [5, 5.41) is 7.78. The van der Waals surface area contributed by atoms with E-state index in [1.54, 1.807) is 6.33 Å². The zero-order valence-electron chi connectivity index (χ0n) is 13.7. The van der Waals surface area contributed by atoms with Gasteiger partial charge in [0.25, 0.3) is 0 Å². The van der Waals surface area contributed by atoms with E-state index in [0.717, 1.165) is 18.8 Å². The zero-order chi connectivity index (χ0) is 15.5. The lowest BCUT2D eigenvalue weighted by Gasteiger charge is -2.25. The molecular formula is C17H26N4. The monoisotopic (exact) mass is 286 g/mol. The van der Waals surface area contributed by atoms with Gasteiger partial charge in [0.1, 0.15) is 12.2 Å². The van der Waals surface area contributed by atoms with E-state index >= 15 is 0 Å². The average Bonchev–Trinajstić information content (AvgIpc) is 2.80. The first-order chi connectivity index (χ1) is 9.85. The summed E-state index contributed by atoms with van der Waals surface area (Å²) in [6.45, 7) is 9.64. The van der Waals surface area contributed by atoms with Crippen LogP contribution in [0, 0.1) is 6.92 Å². The Kier molecular flexibility index (Phi) is 4.78. The van der Waals surface area contributed by atoms with Crippen molar-refractivity contribution in [2.45, 2.75) is 45.6 Å². The zero-order valence-corrected chi connectivity index (χ0v) is 13.7. The Bertz CT molecular complexity index is 563. The topological polar surface area (TPSA) is 42.7 Å². The van der Waals surface area contributed by atoms with Gasteiger partial charge in [0.15, 0.2) is 0 Å². The first-order valence-corrected chi connectivity index (χ1v) is 7.49. The van der Waals surface area contributed by atoms with E-state index < -0.39 is 0 Å². The van der Waals surface area contributed by atoms with E-state index in [9.17, 15) is 0 Å². The number of aromatic nitrogens is 3. The first-order valence-electron chi connectivity index (χ1n) is 7.49. The molecule has 0 amide bonds. The summed E-state index contributed by atoms with van der Waals surface area (Å²) in [6.07, 6.45) is 2.52. The summed E-state index contributed by atoms with van der Waals surface area (Å²) in [6, 6.07) is 8.80. The van der Waals surface area contributed by atoms with Crippen molar-refractivity contribution in [3.05, 3.63) is 47.5 Å². The number of nitrogens with zero attached hydrogens (tertiary/aromatic N) is 3. The molecule has 1 heterocycles. The molecule has 114 valence electrons. The number of nitrogens with one attached hydrogen (secondary N) is 1. The molecule has 0 spiro atoms. The van der Waals surface area contributed by atoms with Gasteiger partial charge in [0.2, 0.25) is 0 Å². The molecule has 0 aliphatic carbocycles. The molecule has 4 nitrogen and oxygen atoms in total. The minimum Gasteiger partial charge on any atom is -0.311 e. The molecule has 4 heteroatoms. The average molecular weight is 286 g/mol. The van der Waals surface area contributed by atoms with Crippen LogP contribution in [0.1, 0.15) is 43.6 Å².